The molecule has 0 saturated carbocycles. The Hall–Kier alpha value is -1.91. The van der Waals surface area contributed by atoms with Crippen LogP contribution in [0.25, 0.3) is 0 Å². The lowest BCUT2D eigenvalue weighted by Crippen LogP contribution is -3.11. The lowest BCUT2D eigenvalue weighted by atomic mass is 10.1. The quantitative estimate of drug-likeness (QED) is 0.722. The van der Waals surface area contributed by atoms with Gasteiger partial charge in [0, 0.05) is 10.4 Å². The van der Waals surface area contributed by atoms with E-state index in [0.29, 0.717) is 10.6 Å². The van der Waals surface area contributed by atoms with E-state index >= 15 is 0 Å². The van der Waals surface area contributed by atoms with Crippen LogP contribution in [-0.4, -0.2) is 37.5 Å². The van der Waals surface area contributed by atoms with Gasteiger partial charge in [-0.3, -0.25) is 9.59 Å². The van der Waals surface area contributed by atoms with Gasteiger partial charge in [-0.15, -0.1) is 11.3 Å². The van der Waals surface area contributed by atoms with Crippen LogP contribution in [0.3, 0.4) is 0 Å². The maximum absolute atomic E-state index is 12.2. The summed E-state index contributed by atoms with van der Waals surface area (Å²) in [5.74, 6) is -0.256. The third-order valence-corrected chi connectivity index (χ3v) is 4.93. The zero-order valence-electron chi connectivity index (χ0n) is 14.7. The van der Waals surface area contributed by atoms with Crippen LogP contribution in [0.4, 0.5) is 5.00 Å². The first kappa shape index (κ1) is 18.4. The number of rotatable bonds is 5. The van der Waals surface area contributed by atoms with Crippen molar-refractivity contribution in [3.8, 4) is 6.07 Å². The molecule has 1 aliphatic rings. The highest BCUT2D eigenvalue weighted by Gasteiger charge is 2.24. The summed E-state index contributed by atoms with van der Waals surface area (Å²) in [7, 11) is 1.81. The van der Waals surface area contributed by atoms with Crippen LogP contribution in [0.1, 0.15) is 43.2 Å². The van der Waals surface area contributed by atoms with Crippen molar-refractivity contribution >= 4 is 28.2 Å². The molecular formula is C17H25N4O2S+. The molecule has 1 aromatic rings. The number of nitriles is 1. The second-order valence-corrected chi connectivity index (χ2v) is 8.44. The third kappa shape index (κ3) is 4.79. The zero-order chi connectivity index (χ0) is 17.9. The summed E-state index contributed by atoms with van der Waals surface area (Å²) in [6, 6.07) is 2.22. The van der Waals surface area contributed by atoms with Crippen LogP contribution in [0, 0.1) is 11.3 Å². The maximum atomic E-state index is 12.2. The highest BCUT2D eigenvalue weighted by atomic mass is 32.1. The molecule has 3 N–H and O–H groups in total. The molecule has 130 valence electrons. The first-order valence-electron chi connectivity index (χ1n) is 8.16. The maximum Gasteiger partial charge on any atom is 0.280 e. The Balaban J connectivity index is 1.90. The average Bonchev–Trinajstić information content (AvgIpc) is 2.95. The van der Waals surface area contributed by atoms with Gasteiger partial charge in [-0.1, -0.05) is 0 Å². The molecule has 2 amide bonds. The molecule has 7 heteroatoms. The molecule has 1 heterocycles. The first-order chi connectivity index (χ1) is 11.2. The molecule has 6 nitrogen and oxygen atoms in total. The molecule has 0 radical (unpaired) electrons. The van der Waals surface area contributed by atoms with E-state index in [4.69, 9.17) is 0 Å². The van der Waals surface area contributed by atoms with Gasteiger partial charge >= 0.3 is 0 Å². The van der Waals surface area contributed by atoms with Crippen molar-refractivity contribution < 1.29 is 14.5 Å². The molecule has 0 bridgehead atoms. The van der Waals surface area contributed by atoms with Crippen LogP contribution in [0.5, 0.6) is 0 Å². The number of nitrogens with zero attached hydrogens (tertiary/aromatic N) is 1. The summed E-state index contributed by atoms with van der Waals surface area (Å²) in [5, 5.41) is 15.7. The van der Waals surface area contributed by atoms with E-state index in [1.807, 2.05) is 20.8 Å². The Morgan fingerprint density at radius 3 is 2.54 bits per heavy atom. The predicted octanol–water partition coefficient (Wildman–Crippen LogP) is 0.476. The van der Waals surface area contributed by atoms with Crippen molar-refractivity contribution in [2.24, 2.45) is 0 Å². The van der Waals surface area contributed by atoms with Crippen LogP contribution in [-0.2, 0) is 22.4 Å². The number of aryl methyl sites for hydroxylation is 1. The average molecular weight is 349 g/mol. The van der Waals surface area contributed by atoms with Crippen molar-refractivity contribution in [1.29, 1.82) is 5.26 Å². The normalized spacial score (nSPS) is 14.6. The highest BCUT2D eigenvalue weighted by molar-refractivity contribution is 7.16. The van der Waals surface area contributed by atoms with E-state index in [9.17, 15) is 14.9 Å². The molecular weight excluding hydrogens is 324 g/mol. The Morgan fingerprint density at radius 1 is 1.25 bits per heavy atom. The number of fused-ring (bicyclic) bond motifs is 1. The number of thiophene rings is 1. The van der Waals surface area contributed by atoms with E-state index in [-0.39, 0.29) is 30.4 Å². The fourth-order valence-electron chi connectivity index (χ4n) is 2.85. The lowest BCUT2D eigenvalue weighted by molar-refractivity contribution is -0.862. The van der Waals surface area contributed by atoms with Gasteiger partial charge in [-0.25, -0.2) is 0 Å². The molecule has 0 aromatic carbocycles. The Labute approximate surface area is 146 Å². The molecule has 0 fully saturated rings. The van der Waals surface area contributed by atoms with Crippen molar-refractivity contribution in [2.45, 2.75) is 45.6 Å². The number of anilines is 1. The minimum atomic E-state index is -0.279. The number of nitrogens with one attached hydrogen (secondary N) is 3. The summed E-state index contributed by atoms with van der Waals surface area (Å²) in [6.07, 6.45) is 2.99. The summed E-state index contributed by atoms with van der Waals surface area (Å²) in [6.45, 7) is 6.19. The third-order valence-electron chi connectivity index (χ3n) is 3.73. The van der Waals surface area contributed by atoms with Gasteiger partial charge in [0.05, 0.1) is 12.6 Å². The summed E-state index contributed by atoms with van der Waals surface area (Å²) in [5.41, 5.74) is 1.44. The fourth-order valence-corrected chi connectivity index (χ4v) is 4.11. The van der Waals surface area contributed by atoms with E-state index < -0.39 is 0 Å². The smallest absolute Gasteiger partial charge is 0.280 e. The van der Waals surface area contributed by atoms with Gasteiger partial charge < -0.3 is 15.5 Å². The standard InChI is InChI=1S/C17H24N4O2S/c1-17(2,3)20-15(23)10-21(4)9-14(22)19-16-12(8-18)11-6-5-7-13(11)24-16/h5-7,9-10H2,1-4H3,(H,19,22)(H,20,23)/p+1. The molecule has 2 rings (SSSR count). The SMILES string of the molecule is C[NH+](CC(=O)Nc1sc2c(c1C#N)CCC2)CC(=O)NC(C)(C)C. The molecule has 0 aliphatic heterocycles. The van der Waals surface area contributed by atoms with Crippen LogP contribution < -0.4 is 15.5 Å². The van der Waals surface area contributed by atoms with Gasteiger partial charge in [0.25, 0.3) is 11.8 Å². The summed E-state index contributed by atoms with van der Waals surface area (Å²) >= 11 is 1.51. The Bertz CT molecular complexity index is 682. The van der Waals surface area contributed by atoms with Gasteiger partial charge in [-0.05, 0) is 45.6 Å². The number of carbonyl (C=O) groups excluding carboxylic acids is 2. The number of amides is 2. The second kappa shape index (κ2) is 7.32. The molecule has 0 saturated heterocycles. The van der Waals surface area contributed by atoms with Crippen molar-refractivity contribution in [3.05, 3.63) is 16.0 Å². The first-order valence-corrected chi connectivity index (χ1v) is 8.98. The molecule has 1 aliphatic carbocycles. The van der Waals surface area contributed by atoms with Gasteiger partial charge in [0.15, 0.2) is 13.1 Å². The van der Waals surface area contributed by atoms with Crippen LogP contribution in [0.15, 0.2) is 0 Å². The largest absolute Gasteiger partial charge is 0.347 e. The highest BCUT2D eigenvalue weighted by Crippen LogP contribution is 2.38. The van der Waals surface area contributed by atoms with Gasteiger partial charge in [-0.2, -0.15) is 5.26 Å². The predicted molar refractivity (Wildman–Crippen MR) is 94.2 cm³/mol. The molecule has 1 unspecified atom stereocenters. The lowest BCUT2D eigenvalue weighted by Gasteiger charge is -2.21. The van der Waals surface area contributed by atoms with E-state index in [1.54, 1.807) is 7.05 Å². The topological polar surface area (TPSA) is 86.4 Å². The van der Waals surface area contributed by atoms with E-state index in [2.05, 4.69) is 16.7 Å². The Kier molecular flexibility index (Phi) is 5.62. The second-order valence-electron chi connectivity index (χ2n) is 7.33. The van der Waals surface area contributed by atoms with Gasteiger partial charge in [0.1, 0.15) is 11.1 Å². The number of carbonyl (C=O) groups is 2. The molecule has 1 atom stereocenters. The monoisotopic (exact) mass is 349 g/mol. The number of hydrogen-bond donors (Lipinski definition) is 3. The number of quaternary nitrogens is 1. The fraction of sp³-hybridized carbons (Fsp3) is 0.588. The minimum Gasteiger partial charge on any atom is -0.347 e. The van der Waals surface area contributed by atoms with E-state index in [0.717, 1.165) is 29.7 Å². The van der Waals surface area contributed by atoms with Crippen molar-refractivity contribution in [1.82, 2.24) is 5.32 Å². The molecule has 24 heavy (non-hydrogen) atoms. The zero-order valence-corrected chi connectivity index (χ0v) is 15.5. The van der Waals surface area contributed by atoms with Gasteiger partial charge in [0.2, 0.25) is 0 Å². The minimum absolute atomic E-state index is 0.0828. The summed E-state index contributed by atoms with van der Waals surface area (Å²) in [4.78, 5) is 26.1. The molecule has 1 aromatic heterocycles. The number of likely N-dealkylation sites (N-methyl/N-ethyl adjacent to an activating group) is 1. The number of hydrogen-bond acceptors (Lipinski definition) is 4. The summed E-state index contributed by atoms with van der Waals surface area (Å²) < 4.78 is 0. The van der Waals surface area contributed by atoms with Crippen molar-refractivity contribution in [2.75, 3.05) is 25.5 Å². The molecule has 0 spiro atoms. The Morgan fingerprint density at radius 2 is 1.92 bits per heavy atom. The van der Waals surface area contributed by atoms with Crippen molar-refractivity contribution in [3.63, 3.8) is 0 Å². The van der Waals surface area contributed by atoms with Crippen LogP contribution >= 0.6 is 11.3 Å². The van der Waals surface area contributed by atoms with Crippen LogP contribution in [0.2, 0.25) is 0 Å². The van der Waals surface area contributed by atoms with E-state index in [1.165, 1.54) is 16.2 Å².